The van der Waals surface area contributed by atoms with Crippen molar-refractivity contribution in [3.63, 3.8) is 0 Å². The van der Waals surface area contributed by atoms with Crippen molar-refractivity contribution < 1.29 is 4.79 Å². The molecule has 0 spiro atoms. The molecule has 1 N–H and O–H groups in total. The van der Waals surface area contributed by atoms with Crippen molar-refractivity contribution in [2.45, 2.75) is 59.5 Å². The largest absolute Gasteiger partial charge is 0.349 e. The van der Waals surface area contributed by atoms with Gasteiger partial charge in [-0.1, -0.05) is 55.0 Å². The molecule has 2 aromatic carbocycles. The van der Waals surface area contributed by atoms with E-state index in [1.807, 2.05) is 0 Å². The maximum Gasteiger partial charge on any atom is 0.223 e. The predicted molar refractivity (Wildman–Crippen MR) is 116 cm³/mol. The summed E-state index contributed by atoms with van der Waals surface area (Å²) < 4.78 is 0. The number of rotatable bonds is 6. The highest BCUT2D eigenvalue weighted by Gasteiger charge is 2.26. The molecule has 1 aliphatic heterocycles. The molecule has 28 heavy (non-hydrogen) atoms. The second-order valence-electron chi connectivity index (χ2n) is 8.35. The summed E-state index contributed by atoms with van der Waals surface area (Å²) in [6.45, 7) is 11.5. The van der Waals surface area contributed by atoms with Crippen LogP contribution in [0.3, 0.4) is 0 Å². The van der Waals surface area contributed by atoms with Gasteiger partial charge in [-0.25, -0.2) is 0 Å². The van der Waals surface area contributed by atoms with Gasteiger partial charge in [0, 0.05) is 12.5 Å². The van der Waals surface area contributed by atoms with Gasteiger partial charge < -0.3 is 5.32 Å². The SMILES string of the molecule is CC[C@@H](NC(=O)C1CCN(Cc2cccc(C)c2)CC1)c1ccc(C)c(C)c1. The number of nitrogens with one attached hydrogen (secondary N) is 1. The number of amides is 1. The van der Waals surface area contributed by atoms with E-state index in [4.69, 9.17) is 0 Å². The number of carbonyl (C=O) groups is 1. The molecule has 1 atom stereocenters. The fourth-order valence-electron chi connectivity index (χ4n) is 4.11. The van der Waals surface area contributed by atoms with Gasteiger partial charge in [0.25, 0.3) is 0 Å². The standard InChI is InChI=1S/C25H34N2O/c1-5-24(23-10-9-19(3)20(4)16-23)26-25(28)22-11-13-27(14-12-22)17-21-8-6-7-18(2)15-21/h6-10,15-16,22,24H,5,11-14,17H2,1-4H3,(H,26,28)/t24-/m1/s1. The van der Waals surface area contributed by atoms with E-state index >= 15 is 0 Å². The zero-order chi connectivity index (χ0) is 20.1. The molecule has 0 unspecified atom stereocenters. The van der Waals surface area contributed by atoms with Gasteiger partial charge in [-0.2, -0.15) is 0 Å². The molecule has 1 saturated heterocycles. The average Bonchev–Trinajstić information content (AvgIpc) is 2.69. The van der Waals surface area contributed by atoms with E-state index < -0.39 is 0 Å². The fourth-order valence-corrected chi connectivity index (χ4v) is 4.11. The van der Waals surface area contributed by atoms with Crippen molar-refractivity contribution >= 4 is 5.91 Å². The predicted octanol–water partition coefficient (Wildman–Crippen LogP) is 5.09. The Morgan fingerprint density at radius 2 is 1.82 bits per heavy atom. The highest BCUT2D eigenvalue weighted by Crippen LogP contribution is 2.24. The lowest BCUT2D eigenvalue weighted by Gasteiger charge is -2.32. The van der Waals surface area contributed by atoms with E-state index in [2.05, 4.69) is 80.4 Å². The summed E-state index contributed by atoms with van der Waals surface area (Å²) in [6.07, 6.45) is 2.81. The van der Waals surface area contributed by atoms with Gasteiger partial charge in [-0.3, -0.25) is 9.69 Å². The lowest BCUT2D eigenvalue weighted by molar-refractivity contribution is -0.127. The molecule has 0 aromatic heterocycles. The summed E-state index contributed by atoms with van der Waals surface area (Å²) in [4.78, 5) is 15.3. The quantitative estimate of drug-likeness (QED) is 0.759. The molecule has 3 rings (SSSR count). The van der Waals surface area contributed by atoms with Crippen molar-refractivity contribution in [1.29, 1.82) is 0 Å². The lowest BCUT2D eigenvalue weighted by Crippen LogP contribution is -2.41. The summed E-state index contributed by atoms with van der Waals surface area (Å²) in [5, 5.41) is 3.31. The first-order chi connectivity index (χ1) is 13.5. The van der Waals surface area contributed by atoms with Gasteiger partial charge in [-0.15, -0.1) is 0 Å². The number of hydrogen-bond acceptors (Lipinski definition) is 2. The van der Waals surface area contributed by atoms with Crippen molar-refractivity contribution in [2.24, 2.45) is 5.92 Å². The maximum atomic E-state index is 12.9. The van der Waals surface area contributed by atoms with E-state index in [0.29, 0.717) is 0 Å². The maximum absolute atomic E-state index is 12.9. The zero-order valence-electron chi connectivity index (χ0n) is 17.8. The first-order valence-corrected chi connectivity index (χ1v) is 10.6. The molecule has 0 bridgehead atoms. The minimum absolute atomic E-state index is 0.108. The minimum Gasteiger partial charge on any atom is -0.349 e. The van der Waals surface area contributed by atoms with Crippen molar-refractivity contribution in [3.8, 4) is 0 Å². The van der Waals surface area contributed by atoms with Gasteiger partial charge in [0.05, 0.1) is 6.04 Å². The molecule has 0 saturated carbocycles. The van der Waals surface area contributed by atoms with E-state index in [0.717, 1.165) is 38.9 Å². The summed E-state index contributed by atoms with van der Waals surface area (Å²) in [5.74, 6) is 0.356. The van der Waals surface area contributed by atoms with E-state index in [9.17, 15) is 4.79 Å². The van der Waals surface area contributed by atoms with Crippen LogP contribution < -0.4 is 5.32 Å². The van der Waals surface area contributed by atoms with Gasteiger partial charge in [-0.05, 0) is 75.4 Å². The third-order valence-corrected chi connectivity index (χ3v) is 6.11. The van der Waals surface area contributed by atoms with E-state index in [1.165, 1.54) is 27.8 Å². The van der Waals surface area contributed by atoms with Crippen LogP contribution in [-0.4, -0.2) is 23.9 Å². The van der Waals surface area contributed by atoms with Crippen LogP contribution in [-0.2, 0) is 11.3 Å². The number of nitrogens with zero attached hydrogens (tertiary/aromatic N) is 1. The Morgan fingerprint density at radius 1 is 1.07 bits per heavy atom. The summed E-state index contributed by atoms with van der Waals surface area (Å²) in [6, 6.07) is 15.4. The number of piperidine rings is 1. The third kappa shape index (κ3) is 5.23. The first kappa shape index (κ1) is 20.6. The van der Waals surface area contributed by atoms with Gasteiger partial charge in [0.1, 0.15) is 0 Å². The molecule has 0 aliphatic carbocycles. The zero-order valence-corrected chi connectivity index (χ0v) is 17.8. The Labute approximate surface area is 170 Å². The smallest absolute Gasteiger partial charge is 0.223 e. The van der Waals surface area contributed by atoms with Crippen molar-refractivity contribution in [3.05, 3.63) is 70.3 Å². The number of aryl methyl sites for hydroxylation is 3. The Morgan fingerprint density at radius 3 is 2.46 bits per heavy atom. The molecule has 3 heteroatoms. The molecule has 2 aromatic rings. The van der Waals surface area contributed by atoms with Crippen LogP contribution in [0.4, 0.5) is 0 Å². The molecule has 1 aliphatic rings. The van der Waals surface area contributed by atoms with Crippen LogP contribution >= 0.6 is 0 Å². The van der Waals surface area contributed by atoms with E-state index in [-0.39, 0.29) is 17.9 Å². The van der Waals surface area contributed by atoms with Gasteiger partial charge in [0.2, 0.25) is 5.91 Å². The summed E-state index contributed by atoms with van der Waals surface area (Å²) in [7, 11) is 0. The van der Waals surface area contributed by atoms with E-state index in [1.54, 1.807) is 0 Å². The minimum atomic E-state index is 0.108. The van der Waals surface area contributed by atoms with Crippen LogP contribution in [0.2, 0.25) is 0 Å². The van der Waals surface area contributed by atoms with Crippen molar-refractivity contribution in [1.82, 2.24) is 10.2 Å². The molecule has 0 radical (unpaired) electrons. The van der Waals surface area contributed by atoms with Crippen LogP contribution in [0.25, 0.3) is 0 Å². The number of likely N-dealkylation sites (tertiary alicyclic amines) is 1. The normalized spacial score (nSPS) is 16.7. The number of hydrogen-bond donors (Lipinski definition) is 1. The Kier molecular flexibility index (Phi) is 6.90. The molecular formula is C25H34N2O. The van der Waals surface area contributed by atoms with Crippen LogP contribution in [0.1, 0.15) is 60.0 Å². The third-order valence-electron chi connectivity index (χ3n) is 6.11. The summed E-state index contributed by atoms with van der Waals surface area (Å²) >= 11 is 0. The second kappa shape index (κ2) is 9.38. The van der Waals surface area contributed by atoms with Crippen LogP contribution in [0.5, 0.6) is 0 Å². The van der Waals surface area contributed by atoms with Crippen LogP contribution in [0.15, 0.2) is 42.5 Å². The molecule has 3 nitrogen and oxygen atoms in total. The molecule has 1 amide bonds. The van der Waals surface area contributed by atoms with Gasteiger partial charge in [0.15, 0.2) is 0 Å². The Bertz CT molecular complexity index is 806. The lowest BCUT2D eigenvalue weighted by atomic mass is 9.93. The molecular weight excluding hydrogens is 344 g/mol. The number of benzene rings is 2. The Balaban J connectivity index is 1.53. The van der Waals surface area contributed by atoms with Crippen molar-refractivity contribution in [2.75, 3.05) is 13.1 Å². The van der Waals surface area contributed by atoms with Gasteiger partial charge >= 0.3 is 0 Å². The highest BCUT2D eigenvalue weighted by atomic mass is 16.1. The molecule has 150 valence electrons. The first-order valence-electron chi connectivity index (χ1n) is 10.6. The fraction of sp³-hybridized carbons (Fsp3) is 0.480. The summed E-state index contributed by atoms with van der Waals surface area (Å²) in [5.41, 5.74) is 6.48. The highest BCUT2D eigenvalue weighted by molar-refractivity contribution is 5.79. The molecule has 1 heterocycles. The monoisotopic (exact) mass is 378 g/mol. The average molecular weight is 379 g/mol. The molecule has 1 fully saturated rings. The number of carbonyl (C=O) groups excluding carboxylic acids is 1. The second-order valence-corrected chi connectivity index (χ2v) is 8.35. The van der Waals surface area contributed by atoms with Crippen LogP contribution in [0, 0.1) is 26.7 Å². The topological polar surface area (TPSA) is 32.3 Å². The Hall–Kier alpha value is -2.13.